The van der Waals surface area contributed by atoms with Gasteiger partial charge in [-0.15, -0.1) is 0 Å². The molecule has 0 unspecified atom stereocenters. The molecule has 0 radical (unpaired) electrons. The number of hydrogen-bond donors (Lipinski definition) is 2. The summed E-state index contributed by atoms with van der Waals surface area (Å²) < 4.78 is 40.7. The van der Waals surface area contributed by atoms with E-state index in [0.29, 0.717) is 5.69 Å². The van der Waals surface area contributed by atoms with Crippen LogP contribution in [0.25, 0.3) is 0 Å². The number of sulfonamides is 1. The van der Waals surface area contributed by atoms with Crippen LogP contribution >= 0.6 is 15.9 Å². The first-order chi connectivity index (χ1) is 9.29. The fourth-order valence-electron chi connectivity index (χ4n) is 1.61. The molecule has 0 saturated carbocycles. The van der Waals surface area contributed by atoms with E-state index >= 15 is 0 Å². The molecule has 2 rings (SSSR count). The Hall–Kier alpha value is -1.60. The van der Waals surface area contributed by atoms with Gasteiger partial charge < -0.3 is 5.73 Å². The zero-order valence-corrected chi connectivity index (χ0v) is 12.9. The van der Waals surface area contributed by atoms with E-state index in [-0.39, 0.29) is 10.6 Å². The van der Waals surface area contributed by atoms with Crippen molar-refractivity contribution in [1.29, 1.82) is 0 Å². The highest BCUT2D eigenvalue weighted by atomic mass is 79.9. The van der Waals surface area contributed by atoms with Crippen LogP contribution in [0.2, 0.25) is 0 Å². The minimum atomic E-state index is -3.93. The number of anilines is 2. The Morgan fingerprint density at radius 2 is 1.90 bits per heavy atom. The van der Waals surface area contributed by atoms with Gasteiger partial charge in [0.15, 0.2) is 0 Å². The van der Waals surface area contributed by atoms with Crippen LogP contribution in [-0.4, -0.2) is 8.42 Å². The first-order valence-electron chi connectivity index (χ1n) is 5.63. The summed E-state index contributed by atoms with van der Waals surface area (Å²) in [5, 5.41) is 0. The Kier molecular flexibility index (Phi) is 4.01. The molecule has 7 heteroatoms. The standard InChI is InChI=1S/C13H12BrFN2O2S/c1-8-2-4-10(7-11(8)14)17-20(18,19)13-6-9(15)3-5-12(13)16/h2-7,17H,16H2,1H3. The summed E-state index contributed by atoms with van der Waals surface area (Å²) in [7, 11) is -3.93. The van der Waals surface area contributed by atoms with Crippen molar-refractivity contribution >= 4 is 37.3 Å². The molecule has 0 bridgehead atoms. The van der Waals surface area contributed by atoms with E-state index in [0.717, 1.165) is 22.2 Å². The van der Waals surface area contributed by atoms with E-state index in [1.165, 1.54) is 6.07 Å². The van der Waals surface area contributed by atoms with Crippen molar-refractivity contribution in [2.45, 2.75) is 11.8 Å². The highest BCUT2D eigenvalue weighted by Crippen LogP contribution is 2.25. The van der Waals surface area contributed by atoms with Crippen molar-refractivity contribution in [3.63, 3.8) is 0 Å². The van der Waals surface area contributed by atoms with Crippen LogP contribution < -0.4 is 10.5 Å². The average Bonchev–Trinajstić information content (AvgIpc) is 2.36. The Balaban J connectivity index is 2.40. The van der Waals surface area contributed by atoms with Crippen molar-refractivity contribution in [1.82, 2.24) is 0 Å². The van der Waals surface area contributed by atoms with Crippen LogP contribution in [0.3, 0.4) is 0 Å². The number of nitrogens with two attached hydrogens (primary N) is 1. The monoisotopic (exact) mass is 358 g/mol. The number of benzene rings is 2. The van der Waals surface area contributed by atoms with E-state index in [1.807, 2.05) is 6.92 Å². The Labute approximate surface area is 125 Å². The molecule has 0 atom stereocenters. The zero-order valence-electron chi connectivity index (χ0n) is 10.5. The van der Waals surface area contributed by atoms with Crippen LogP contribution in [0.4, 0.5) is 15.8 Å². The lowest BCUT2D eigenvalue weighted by Gasteiger charge is -2.11. The predicted octanol–water partition coefficient (Wildman–Crippen LogP) is 3.28. The maximum Gasteiger partial charge on any atom is 0.264 e. The fraction of sp³-hybridized carbons (Fsp3) is 0.0769. The van der Waals surface area contributed by atoms with Gasteiger partial charge in [-0.25, -0.2) is 12.8 Å². The lowest BCUT2D eigenvalue weighted by atomic mass is 10.2. The molecule has 0 aliphatic rings. The summed E-state index contributed by atoms with van der Waals surface area (Å²) >= 11 is 3.32. The maximum absolute atomic E-state index is 13.2. The molecule has 20 heavy (non-hydrogen) atoms. The number of nitrogens with one attached hydrogen (secondary N) is 1. The molecule has 4 nitrogen and oxygen atoms in total. The molecule has 3 N–H and O–H groups in total. The van der Waals surface area contributed by atoms with E-state index < -0.39 is 15.8 Å². The van der Waals surface area contributed by atoms with Gasteiger partial charge in [-0.05, 0) is 42.8 Å². The van der Waals surface area contributed by atoms with Gasteiger partial charge in [0.25, 0.3) is 10.0 Å². The van der Waals surface area contributed by atoms with Gasteiger partial charge >= 0.3 is 0 Å². The molecular weight excluding hydrogens is 347 g/mol. The lowest BCUT2D eigenvalue weighted by molar-refractivity contribution is 0.596. The van der Waals surface area contributed by atoms with Gasteiger partial charge in [0.1, 0.15) is 10.7 Å². The summed E-state index contributed by atoms with van der Waals surface area (Å²) in [5.74, 6) is -0.662. The molecule has 0 aliphatic heterocycles. The number of hydrogen-bond acceptors (Lipinski definition) is 3. The molecule has 106 valence electrons. The molecule has 0 spiro atoms. The SMILES string of the molecule is Cc1ccc(NS(=O)(=O)c2cc(F)ccc2N)cc1Br. The van der Waals surface area contributed by atoms with Gasteiger partial charge in [-0.1, -0.05) is 22.0 Å². The molecular formula is C13H12BrFN2O2S. The summed E-state index contributed by atoms with van der Waals surface area (Å²) in [5.41, 5.74) is 6.92. The second-order valence-electron chi connectivity index (χ2n) is 4.25. The zero-order chi connectivity index (χ0) is 14.9. The summed E-state index contributed by atoms with van der Waals surface area (Å²) in [6.45, 7) is 1.88. The summed E-state index contributed by atoms with van der Waals surface area (Å²) in [4.78, 5) is -0.283. The Bertz CT molecular complexity index is 763. The third-order valence-corrected chi connectivity index (χ3v) is 4.98. The summed E-state index contributed by atoms with van der Waals surface area (Å²) in [6.07, 6.45) is 0. The van der Waals surface area contributed by atoms with Gasteiger partial charge in [0.2, 0.25) is 0 Å². The maximum atomic E-state index is 13.2. The fourth-order valence-corrected chi connectivity index (χ4v) is 3.18. The third-order valence-electron chi connectivity index (χ3n) is 2.69. The van der Waals surface area contributed by atoms with Crippen LogP contribution in [0.1, 0.15) is 5.56 Å². The minimum Gasteiger partial charge on any atom is -0.398 e. The number of aryl methyl sites for hydroxylation is 1. The van der Waals surface area contributed by atoms with E-state index in [1.54, 1.807) is 18.2 Å². The van der Waals surface area contributed by atoms with E-state index in [4.69, 9.17) is 5.73 Å². The first kappa shape index (κ1) is 14.8. The minimum absolute atomic E-state index is 0.00919. The van der Waals surface area contributed by atoms with Gasteiger partial charge in [0.05, 0.1) is 5.69 Å². The Morgan fingerprint density at radius 3 is 2.55 bits per heavy atom. The van der Waals surface area contributed by atoms with E-state index in [2.05, 4.69) is 20.7 Å². The topological polar surface area (TPSA) is 72.2 Å². The van der Waals surface area contributed by atoms with Crippen molar-refractivity contribution in [2.24, 2.45) is 0 Å². The van der Waals surface area contributed by atoms with Crippen molar-refractivity contribution in [3.05, 3.63) is 52.3 Å². The molecule has 0 aromatic heterocycles. The molecule has 0 saturated heterocycles. The average molecular weight is 359 g/mol. The van der Waals surface area contributed by atoms with Gasteiger partial charge in [0, 0.05) is 10.2 Å². The highest BCUT2D eigenvalue weighted by Gasteiger charge is 2.18. The van der Waals surface area contributed by atoms with Crippen molar-refractivity contribution in [2.75, 3.05) is 10.5 Å². The van der Waals surface area contributed by atoms with Crippen molar-refractivity contribution < 1.29 is 12.8 Å². The quantitative estimate of drug-likeness (QED) is 0.827. The number of halogens is 2. The largest absolute Gasteiger partial charge is 0.398 e. The highest BCUT2D eigenvalue weighted by molar-refractivity contribution is 9.10. The normalized spacial score (nSPS) is 11.3. The number of nitrogen functional groups attached to an aromatic ring is 1. The first-order valence-corrected chi connectivity index (χ1v) is 7.91. The molecule has 0 amide bonds. The predicted molar refractivity (Wildman–Crippen MR) is 80.5 cm³/mol. The van der Waals surface area contributed by atoms with Crippen LogP contribution in [0.15, 0.2) is 45.8 Å². The molecule has 0 heterocycles. The Morgan fingerprint density at radius 1 is 1.20 bits per heavy atom. The number of rotatable bonds is 3. The smallest absolute Gasteiger partial charge is 0.264 e. The molecule has 0 aliphatic carbocycles. The van der Waals surface area contributed by atoms with Crippen LogP contribution in [0.5, 0.6) is 0 Å². The van der Waals surface area contributed by atoms with Gasteiger partial charge in [-0.2, -0.15) is 0 Å². The van der Waals surface area contributed by atoms with Gasteiger partial charge in [-0.3, -0.25) is 4.72 Å². The molecule has 0 fully saturated rings. The second-order valence-corrected chi connectivity index (χ2v) is 6.76. The lowest BCUT2D eigenvalue weighted by Crippen LogP contribution is -2.15. The second kappa shape index (κ2) is 5.41. The molecule has 2 aromatic carbocycles. The van der Waals surface area contributed by atoms with Crippen LogP contribution in [-0.2, 0) is 10.0 Å². The molecule has 2 aromatic rings. The third kappa shape index (κ3) is 3.10. The summed E-state index contributed by atoms with van der Waals surface area (Å²) in [6, 6.07) is 8.22. The van der Waals surface area contributed by atoms with Crippen LogP contribution in [0, 0.1) is 12.7 Å². The van der Waals surface area contributed by atoms with E-state index in [9.17, 15) is 12.8 Å². The van der Waals surface area contributed by atoms with Crippen molar-refractivity contribution in [3.8, 4) is 0 Å².